The molecule has 2 atom stereocenters. The molecule has 0 radical (unpaired) electrons. The van der Waals surface area contributed by atoms with Crippen molar-refractivity contribution in [2.75, 3.05) is 32.1 Å². The van der Waals surface area contributed by atoms with Gasteiger partial charge in [-0.3, -0.25) is 9.59 Å². The quantitative estimate of drug-likeness (QED) is 0.810. The summed E-state index contributed by atoms with van der Waals surface area (Å²) in [7, 11) is 1.53. The van der Waals surface area contributed by atoms with E-state index in [1.54, 1.807) is 53.4 Å². The second-order valence-electron chi connectivity index (χ2n) is 7.02. The van der Waals surface area contributed by atoms with Gasteiger partial charge in [-0.15, -0.1) is 0 Å². The van der Waals surface area contributed by atoms with Crippen LogP contribution in [0.25, 0.3) is 0 Å². The molecule has 1 N–H and O–H groups in total. The average molecular weight is 398 g/mol. The van der Waals surface area contributed by atoms with Crippen molar-refractivity contribution in [3.63, 3.8) is 0 Å². The molecule has 0 bridgehead atoms. The zero-order valence-electron chi connectivity index (χ0n) is 16.9. The van der Waals surface area contributed by atoms with Crippen LogP contribution in [0.15, 0.2) is 48.5 Å². The Bertz CT molecular complexity index is 843. The number of methoxy groups -OCH3 is 1. The number of carbonyl (C=O) groups is 2. The molecule has 2 aromatic carbocycles. The molecule has 1 aliphatic heterocycles. The van der Waals surface area contributed by atoms with Crippen molar-refractivity contribution < 1.29 is 23.8 Å². The number of carbonyl (C=O) groups excluding carboxylic acids is 2. The van der Waals surface area contributed by atoms with Gasteiger partial charge in [0.2, 0.25) is 0 Å². The van der Waals surface area contributed by atoms with Crippen LogP contribution in [-0.2, 0) is 9.53 Å². The predicted molar refractivity (Wildman–Crippen MR) is 109 cm³/mol. The van der Waals surface area contributed by atoms with Gasteiger partial charge < -0.3 is 24.4 Å². The Hall–Kier alpha value is -3.06. The standard InChI is InChI=1S/C22H26N2O5/c1-15-12-24(13-16(2)29-15)21(25)14-28-18-10-8-17(9-11-18)23-22(26)19-6-4-5-7-20(19)27-3/h4-11,15-16H,12-14H2,1-3H3,(H,23,26)/t15-,16+. The van der Waals surface area contributed by atoms with Crippen molar-refractivity contribution in [1.29, 1.82) is 0 Å². The highest BCUT2D eigenvalue weighted by atomic mass is 16.5. The van der Waals surface area contributed by atoms with E-state index in [4.69, 9.17) is 14.2 Å². The first-order valence-electron chi connectivity index (χ1n) is 9.56. The highest BCUT2D eigenvalue weighted by molar-refractivity contribution is 6.06. The summed E-state index contributed by atoms with van der Waals surface area (Å²) in [6.45, 7) is 5.01. The Morgan fingerprint density at radius 3 is 2.38 bits per heavy atom. The molecule has 1 saturated heterocycles. The van der Waals surface area contributed by atoms with Crippen molar-refractivity contribution >= 4 is 17.5 Å². The Morgan fingerprint density at radius 1 is 1.07 bits per heavy atom. The summed E-state index contributed by atoms with van der Waals surface area (Å²) in [6.07, 6.45) is 0.0441. The summed E-state index contributed by atoms with van der Waals surface area (Å²) in [5, 5.41) is 2.82. The molecule has 0 aromatic heterocycles. The molecule has 0 unspecified atom stereocenters. The summed E-state index contributed by atoms with van der Waals surface area (Å²) >= 11 is 0. The number of nitrogens with zero attached hydrogens (tertiary/aromatic N) is 1. The first kappa shape index (κ1) is 20.7. The summed E-state index contributed by atoms with van der Waals surface area (Å²) < 4.78 is 16.5. The van der Waals surface area contributed by atoms with Crippen LogP contribution in [0.4, 0.5) is 5.69 Å². The highest BCUT2D eigenvalue weighted by Crippen LogP contribution is 2.21. The predicted octanol–water partition coefficient (Wildman–Crippen LogP) is 2.96. The molecule has 29 heavy (non-hydrogen) atoms. The number of benzene rings is 2. The fraction of sp³-hybridized carbons (Fsp3) is 0.364. The topological polar surface area (TPSA) is 77.1 Å². The number of rotatable bonds is 6. The third-order valence-corrected chi connectivity index (χ3v) is 4.60. The van der Waals surface area contributed by atoms with E-state index in [9.17, 15) is 9.59 Å². The zero-order chi connectivity index (χ0) is 20.8. The number of hydrogen-bond acceptors (Lipinski definition) is 5. The minimum Gasteiger partial charge on any atom is -0.496 e. The molecular weight excluding hydrogens is 372 g/mol. The van der Waals surface area contributed by atoms with Crippen molar-refractivity contribution in [3.8, 4) is 11.5 Å². The molecule has 0 aliphatic carbocycles. The lowest BCUT2D eigenvalue weighted by atomic mass is 10.2. The summed E-state index contributed by atoms with van der Waals surface area (Å²) in [6, 6.07) is 13.9. The number of para-hydroxylation sites is 1. The van der Waals surface area contributed by atoms with Crippen molar-refractivity contribution in [3.05, 3.63) is 54.1 Å². The Kier molecular flexibility index (Phi) is 6.72. The molecule has 1 fully saturated rings. The molecule has 1 heterocycles. The van der Waals surface area contributed by atoms with Gasteiger partial charge in [0, 0.05) is 18.8 Å². The largest absolute Gasteiger partial charge is 0.496 e. The van der Waals surface area contributed by atoms with Gasteiger partial charge in [-0.25, -0.2) is 0 Å². The lowest BCUT2D eigenvalue weighted by Crippen LogP contribution is -2.49. The van der Waals surface area contributed by atoms with Gasteiger partial charge >= 0.3 is 0 Å². The van der Waals surface area contributed by atoms with Gasteiger partial charge in [-0.05, 0) is 50.2 Å². The summed E-state index contributed by atoms with van der Waals surface area (Å²) in [5.41, 5.74) is 1.07. The van der Waals surface area contributed by atoms with Gasteiger partial charge in [0.1, 0.15) is 11.5 Å². The third-order valence-electron chi connectivity index (χ3n) is 4.60. The SMILES string of the molecule is COc1ccccc1C(=O)Nc1ccc(OCC(=O)N2C[C@@H](C)O[C@@H](C)C2)cc1. The monoisotopic (exact) mass is 398 g/mol. The maximum Gasteiger partial charge on any atom is 0.260 e. The van der Waals surface area contributed by atoms with Crippen LogP contribution in [0.1, 0.15) is 24.2 Å². The lowest BCUT2D eigenvalue weighted by molar-refractivity contribution is -0.145. The Labute approximate surface area is 170 Å². The van der Waals surface area contributed by atoms with E-state index in [-0.39, 0.29) is 30.6 Å². The number of hydrogen-bond donors (Lipinski definition) is 1. The van der Waals surface area contributed by atoms with Gasteiger partial charge in [0.15, 0.2) is 6.61 Å². The number of nitrogens with one attached hydrogen (secondary N) is 1. The smallest absolute Gasteiger partial charge is 0.260 e. The van der Waals surface area contributed by atoms with Crippen LogP contribution < -0.4 is 14.8 Å². The third kappa shape index (κ3) is 5.48. The average Bonchev–Trinajstić information content (AvgIpc) is 2.72. The van der Waals surface area contributed by atoms with Gasteiger partial charge in [-0.1, -0.05) is 12.1 Å². The van der Waals surface area contributed by atoms with Crippen LogP contribution in [0.3, 0.4) is 0 Å². The van der Waals surface area contributed by atoms with Gasteiger partial charge in [-0.2, -0.15) is 0 Å². The highest BCUT2D eigenvalue weighted by Gasteiger charge is 2.26. The van der Waals surface area contributed by atoms with Crippen molar-refractivity contribution in [1.82, 2.24) is 4.90 Å². The van der Waals surface area contributed by atoms with E-state index in [1.807, 2.05) is 13.8 Å². The zero-order valence-corrected chi connectivity index (χ0v) is 16.9. The molecule has 2 amide bonds. The maximum absolute atomic E-state index is 12.4. The second kappa shape index (κ2) is 9.43. The fourth-order valence-corrected chi connectivity index (χ4v) is 3.28. The van der Waals surface area contributed by atoms with Crippen LogP contribution in [0.2, 0.25) is 0 Å². The van der Waals surface area contributed by atoms with E-state index in [0.29, 0.717) is 35.8 Å². The summed E-state index contributed by atoms with van der Waals surface area (Å²) in [5.74, 6) is 0.737. The van der Waals surface area contributed by atoms with Crippen LogP contribution in [0.5, 0.6) is 11.5 Å². The lowest BCUT2D eigenvalue weighted by Gasteiger charge is -2.35. The van der Waals surface area contributed by atoms with E-state index in [2.05, 4.69) is 5.32 Å². The van der Waals surface area contributed by atoms with Crippen molar-refractivity contribution in [2.45, 2.75) is 26.1 Å². The van der Waals surface area contributed by atoms with E-state index in [0.717, 1.165) is 0 Å². The van der Waals surface area contributed by atoms with E-state index >= 15 is 0 Å². The van der Waals surface area contributed by atoms with E-state index in [1.165, 1.54) is 7.11 Å². The van der Waals surface area contributed by atoms with Crippen molar-refractivity contribution in [2.24, 2.45) is 0 Å². The molecule has 2 aromatic rings. The normalized spacial score (nSPS) is 18.8. The van der Waals surface area contributed by atoms with E-state index < -0.39 is 0 Å². The second-order valence-corrected chi connectivity index (χ2v) is 7.02. The molecule has 154 valence electrons. The molecule has 1 aliphatic rings. The first-order chi connectivity index (χ1) is 14.0. The minimum absolute atomic E-state index is 0.0221. The molecule has 0 spiro atoms. The number of ether oxygens (including phenoxy) is 3. The number of amides is 2. The molecule has 7 nitrogen and oxygen atoms in total. The number of morpholine rings is 1. The van der Waals surface area contributed by atoms with Crippen LogP contribution in [-0.4, -0.2) is 55.7 Å². The Morgan fingerprint density at radius 2 is 1.72 bits per heavy atom. The maximum atomic E-state index is 12.4. The summed E-state index contributed by atoms with van der Waals surface area (Å²) in [4.78, 5) is 26.6. The molecule has 0 saturated carbocycles. The van der Waals surface area contributed by atoms with Gasteiger partial charge in [0.25, 0.3) is 11.8 Å². The molecule has 3 rings (SSSR count). The molecular formula is C22H26N2O5. The Balaban J connectivity index is 1.53. The molecule has 7 heteroatoms. The number of anilines is 1. The fourth-order valence-electron chi connectivity index (χ4n) is 3.28. The first-order valence-corrected chi connectivity index (χ1v) is 9.56. The van der Waals surface area contributed by atoms with Crippen LogP contribution in [0, 0.1) is 0 Å². The van der Waals surface area contributed by atoms with Crippen LogP contribution >= 0.6 is 0 Å². The minimum atomic E-state index is -0.262. The van der Waals surface area contributed by atoms with Gasteiger partial charge in [0.05, 0.1) is 24.9 Å².